The smallest absolute Gasteiger partial charge is 0.251 e. The summed E-state index contributed by atoms with van der Waals surface area (Å²) >= 11 is 5.97. The number of rotatable bonds is 4. The molecule has 0 atom stereocenters. The Bertz CT molecular complexity index is 498. The summed E-state index contributed by atoms with van der Waals surface area (Å²) < 4.78 is 0. The molecule has 0 bridgehead atoms. The number of hydrogen-bond donors (Lipinski definition) is 1. The summed E-state index contributed by atoms with van der Waals surface area (Å²) in [5, 5.41) is 3.15. The molecule has 4 heteroatoms. The van der Waals surface area contributed by atoms with Crippen molar-refractivity contribution in [2.75, 3.05) is 6.54 Å². The van der Waals surface area contributed by atoms with E-state index < -0.39 is 0 Å². The van der Waals surface area contributed by atoms with Crippen LogP contribution < -0.4 is 5.32 Å². The number of carbonyl (C=O) groups is 1. The van der Waals surface area contributed by atoms with Crippen LogP contribution in [0.5, 0.6) is 0 Å². The first-order valence-corrected chi connectivity index (χ1v) is 6.62. The van der Waals surface area contributed by atoms with Gasteiger partial charge in [-0.2, -0.15) is 0 Å². The highest BCUT2D eigenvalue weighted by Gasteiger charge is 2.18. The Labute approximate surface area is 119 Å². The highest BCUT2D eigenvalue weighted by molar-refractivity contribution is 6.29. The SMILES string of the molecule is C#CCCCNC(=O)c1cc(Cl)nc(C(C)(C)C)c1. The number of carbonyl (C=O) groups excluding carboxylic acids is 1. The van der Waals surface area contributed by atoms with Gasteiger partial charge in [-0.1, -0.05) is 32.4 Å². The molecular weight excluding hydrogens is 260 g/mol. The van der Waals surface area contributed by atoms with Crippen LogP contribution in [0.3, 0.4) is 0 Å². The van der Waals surface area contributed by atoms with Crippen molar-refractivity contribution in [3.63, 3.8) is 0 Å². The lowest BCUT2D eigenvalue weighted by Crippen LogP contribution is -2.25. The van der Waals surface area contributed by atoms with Gasteiger partial charge in [0, 0.05) is 29.6 Å². The number of pyridine rings is 1. The molecule has 102 valence electrons. The van der Waals surface area contributed by atoms with E-state index in [4.69, 9.17) is 18.0 Å². The van der Waals surface area contributed by atoms with Gasteiger partial charge in [-0.25, -0.2) is 4.98 Å². The maximum absolute atomic E-state index is 12.0. The average Bonchev–Trinajstić information content (AvgIpc) is 2.32. The molecule has 0 aliphatic rings. The van der Waals surface area contributed by atoms with E-state index in [1.807, 2.05) is 20.8 Å². The van der Waals surface area contributed by atoms with Crippen molar-refractivity contribution in [1.29, 1.82) is 0 Å². The van der Waals surface area contributed by atoms with Crippen molar-refractivity contribution in [3.05, 3.63) is 28.5 Å². The summed E-state index contributed by atoms with van der Waals surface area (Å²) in [5.74, 6) is 2.39. The third kappa shape index (κ3) is 4.92. The van der Waals surface area contributed by atoms with Crippen molar-refractivity contribution in [2.24, 2.45) is 0 Å². The minimum absolute atomic E-state index is 0.146. The van der Waals surface area contributed by atoms with E-state index in [9.17, 15) is 4.79 Å². The molecule has 0 radical (unpaired) electrons. The van der Waals surface area contributed by atoms with Crippen molar-refractivity contribution in [2.45, 2.75) is 39.0 Å². The highest BCUT2D eigenvalue weighted by Crippen LogP contribution is 2.23. The van der Waals surface area contributed by atoms with Crippen LogP contribution in [0.15, 0.2) is 12.1 Å². The third-order valence-corrected chi connectivity index (χ3v) is 2.80. The molecule has 0 spiro atoms. The Morgan fingerprint density at radius 1 is 1.47 bits per heavy atom. The summed E-state index contributed by atoms with van der Waals surface area (Å²) in [6.07, 6.45) is 6.58. The Morgan fingerprint density at radius 2 is 2.16 bits per heavy atom. The van der Waals surface area contributed by atoms with Gasteiger partial charge in [0.05, 0.1) is 0 Å². The van der Waals surface area contributed by atoms with Gasteiger partial charge < -0.3 is 5.32 Å². The Hall–Kier alpha value is -1.53. The average molecular weight is 279 g/mol. The van der Waals surface area contributed by atoms with Crippen LogP contribution in [-0.4, -0.2) is 17.4 Å². The zero-order valence-corrected chi connectivity index (χ0v) is 12.3. The van der Waals surface area contributed by atoms with Crippen molar-refractivity contribution >= 4 is 17.5 Å². The Morgan fingerprint density at radius 3 is 2.74 bits per heavy atom. The summed E-state index contributed by atoms with van der Waals surface area (Å²) in [7, 11) is 0. The predicted molar refractivity (Wildman–Crippen MR) is 78.3 cm³/mol. The molecule has 0 aromatic carbocycles. The Kier molecular flexibility index (Phi) is 5.38. The van der Waals surface area contributed by atoms with E-state index in [0.717, 1.165) is 12.1 Å². The summed E-state index contributed by atoms with van der Waals surface area (Å²) in [6.45, 7) is 6.65. The molecule has 3 nitrogen and oxygen atoms in total. The first-order valence-electron chi connectivity index (χ1n) is 6.24. The van der Waals surface area contributed by atoms with E-state index in [2.05, 4.69) is 16.2 Å². The first-order chi connectivity index (χ1) is 8.84. The van der Waals surface area contributed by atoms with E-state index in [0.29, 0.717) is 23.7 Å². The number of amides is 1. The number of unbranched alkanes of at least 4 members (excludes halogenated alkanes) is 1. The molecule has 0 saturated carbocycles. The number of nitrogens with zero attached hydrogens (tertiary/aromatic N) is 1. The molecule has 1 aromatic heterocycles. The zero-order chi connectivity index (χ0) is 14.5. The van der Waals surface area contributed by atoms with E-state index in [1.54, 1.807) is 12.1 Å². The summed E-state index contributed by atoms with van der Waals surface area (Å²) in [5.41, 5.74) is 1.18. The van der Waals surface area contributed by atoms with Gasteiger partial charge in [0.15, 0.2) is 0 Å². The highest BCUT2D eigenvalue weighted by atomic mass is 35.5. The standard InChI is InChI=1S/C15H19ClN2O/c1-5-6-7-8-17-14(19)11-9-12(15(2,3)4)18-13(16)10-11/h1,9-10H,6-8H2,2-4H3,(H,17,19). The van der Waals surface area contributed by atoms with Gasteiger partial charge in [0.2, 0.25) is 0 Å². The van der Waals surface area contributed by atoms with E-state index in [1.165, 1.54) is 0 Å². The minimum atomic E-state index is -0.149. The fourth-order valence-electron chi connectivity index (χ4n) is 1.51. The zero-order valence-electron chi connectivity index (χ0n) is 11.6. The van der Waals surface area contributed by atoms with Crippen molar-refractivity contribution in [3.8, 4) is 12.3 Å². The van der Waals surface area contributed by atoms with Gasteiger partial charge in [-0.05, 0) is 18.6 Å². The lowest BCUT2D eigenvalue weighted by atomic mass is 9.91. The predicted octanol–water partition coefficient (Wildman–Crippen LogP) is 3.18. The van der Waals surface area contributed by atoms with Crippen molar-refractivity contribution < 1.29 is 4.79 Å². The molecule has 0 fully saturated rings. The second-order valence-electron chi connectivity index (χ2n) is 5.38. The molecule has 1 N–H and O–H groups in total. The molecule has 0 saturated heterocycles. The van der Waals surface area contributed by atoms with Crippen LogP contribution in [0.25, 0.3) is 0 Å². The molecule has 1 rings (SSSR count). The molecule has 19 heavy (non-hydrogen) atoms. The lowest BCUT2D eigenvalue weighted by molar-refractivity contribution is 0.0953. The quantitative estimate of drug-likeness (QED) is 0.522. The van der Waals surface area contributed by atoms with Gasteiger partial charge in [-0.15, -0.1) is 12.3 Å². The lowest BCUT2D eigenvalue weighted by Gasteiger charge is -2.18. The van der Waals surface area contributed by atoms with Crippen LogP contribution in [-0.2, 0) is 5.41 Å². The molecule has 0 aliphatic heterocycles. The van der Waals surface area contributed by atoms with Crippen LogP contribution in [0.1, 0.15) is 49.7 Å². The third-order valence-electron chi connectivity index (χ3n) is 2.61. The molecule has 0 aliphatic carbocycles. The maximum Gasteiger partial charge on any atom is 0.251 e. The molecule has 1 heterocycles. The Balaban J connectivity index is 2.81. The molecular formula is C15H19ClN2O. The second kappa shape index (κ2) is 6.58. The van der Waals surface area contributed by atoms with Crippen LogP contribution in [0.2, 0.25) is 5.15 Å². The number of nitrogens with one attached hydrogen (secondary N) is 1. The van der Waals surface area contributed by atoms with Crippen LogP contribution in [0, 0.1) is 12.3 Å². The van der Waals surface area contributed by atoms with Gasteiger partial charge >= 0.3 is 0 Å². The van der Waals surface area contributed by atoms with Crippen molar-refractivity contribution in [1.82, 2.24) is 10.3 Å². The number of halogens is 1. The summed E-state index contributed by atoms with van der Waals surface area (Å²) in [4.78, 5) is 16.2. The maximum atomic E-state index is 12.0. The fraction of sp³-hybridized carbons (Fsp3) is 0.467. The van der Waals surface area contributed by atoms with Gasteiger partial charge in [0.25, 0.3) is 5.91 Å². The molecule has 1 amide bonds. The van der Waals surface area contributed by atoms with Crippen LogP contribution >= 0.6 is 11.6 Å². The number of aromatic nitrogens is 1. The summed E-state index contributed by atoms with van der Waals surface area (Å²) in [6, 6.07) is 3.36. The van der Waals surface area contributed by atoms with Gasteiger partial charge in [0.1, 0.15) is 5.15 Å². The normalized spacial score (nSPS) is 10.9. The number of terminal acetylenes is 1. The minimum Gasteiger partial charge on any atom is -0.352 e. The molecule has 1 aromatic rings. The first kappa shape index (κ1) is 15.5. The van der Waals surface area contributed by atoms with Crippen LogP contribution in [0.4, 0.5) is 0 Å². The van der Waals surface area contributed by atoms with E-state index in [-0.39, 0.29) is 11.3 Å². The number of hydrogen-bond acceptors (Lipinski definition) is 2. The van der Waals surface area contributed by atoms with Gasteiger partial charge in [-0.3, -0.25) is 4.79 Å². The molecule has 0 unspecified atom stereocenters. The monoisotopic (exact) mass is 278 g/mol. The second-order valence-corrected chi connectivity index (χ2v) is 5.76. The largest absolute Gasteiger partial charge is 0.352 e. The van der Waals surface area contributed by atoms with E-state index >= 15 is 0 Å². The fourth-order valence-corrected chi connectivity index (χ4v) is 1.72. The topological polar surface area (TPSA) is 42.0 Å².